The summed E-state index contributed by atoms with van der Waals surface area (Å²) < 4.78 is 26.3. The van der Waals surface area contributed by atoms with Gasteiger partial charge in [0.1, 0.15) is 11.6 Å². The number of hydrogen-bond acceptors (Lipinski definition) is 2. The van der Waals surface area contributed by atoms with E-state index < -0.39 is 11.6 Å². The maximum atomic E-state index is 13.5. The standard InChI is InChI=1S/C14H12F2OS/c1-9-6-12(4-2-10(9)8-17)18-14-5-3-11(15)7-13(14)16/h2-7,17H,8H2,1H3. The van der Waals surface area contributed by atoms with Gasteiger partial charge in [-0.2, -0.15) is 0 Å². The highest BCUT2D eigenvalue weighted by Crippen LogP contribution is 2.31. The molecule has 0 atom stereocenters. The number of halogens is 2. The summed E-state index contributed by atoms with van der Waals surface area (Å²) in [7, 11) is 0. The average molecular weight is 266 g/mol. The van der Waals surface area contributed by atoms with E-state index in [9.17, 15) is 8.78 Å². The molecule has 18 heavy (non-hydrogen) atoms. The van der Waals surface area contributed by atoms with Crippen LogP contribution in [0.5, 0.6) is 0 Å². The van der Waals surface area contributed by atoms with Gasteiger partial charge in [0.05, 0.1) is 6.61 Å². The molecule has 0 bridgehead atoms. The zero-order valence-corrected chi connectivity index (χ0v) is 10.6. The minimum Gasteiger partial charge on any atom is -0.392 e. The number of aliphatic hydroxyl groups excluding tert-OH is 1. The van der Waals surface area contributed by atoms with Gasteiger partial charge in [0.25, 0.3) is 0 Å². The Bertz CT molecular complexity index is 570. The predicted octanol–water partition coefficient (Wildman–Crippen LogP) is 3.92. The van der Waals surface area contributed by atoms with Crippen LogP contribution in [0.3, 0.4) is 0 Å². The van der Waals surface area contributed by atoms with E-state index in [-0.39, 0.29) is 6.61 Å². The van der Waals surface area contributed by atoms with Crippen LogP contribution in [0.4, 0.5) is 8.78 Å². The van der Waals surface area contributed by atoms with Crippen LogP contribution in [-0.4, -0.2) is 5.11 Å². The molecular formula is C14H12F2OS. The smallest absolute Gasteiger partial charge is 0.140 e. The van der Waals surface area contributed by atoms with Gasteiger partial charge in [-0.3, -0.25) is 0 Å². The molecule has 4 heteroatoms. The molecule has 94 valence electrons. The van der Waals surface area contributed by atoms with Gasteiger partial charge in [-0.05, 0) is 42.3 Å². The van der Waals surface area contributed by atoms with Crippen LogP contribution in [0.15, 0.2) is 46.2 Å². The highest BCUT2D eigenvalue weighted by molar-refractivity contribution is 7.99. The minimum atomic E-state index is -0.580. The van der Waals surface area contributed by atoms with Gasteiger partial charge in [-0.15, -0.1) is 0 Å². The van der Waals surface area contributed by atoms with E-state index in [0.29, 0.717) is 4.90 Å². The lowest BCUT2D eigenvalue weighted by Gasteiger charge is -2.07. The Morgan fingerprint density at radius 3 is 2.50 bits per heavy atom. The second kappa shape index (κ2) is 5.50. The van der Waals surface area contributed by atoms with Crippen LogP contribution in [0.25, 0.3) is 0 Å². The van der Waals surface area contributed by atoms with Crippen molar-refractivity contribution in [2.24, 2.45) is 0 Å². The fourth-order valence-corrected chi connectivity index (χ4v) is 2.51. The van der Waals surface area contributed by atoms with Gasteiger partial charge in [-0.25, -0.2) is 8.78 Å². The highest BCUT2D eigenvalue weighted by atomic mass is 32.2. The lowest BCUT2D eigenvalue weighted by molar-refractivity contribution is 0.281. The maximum Gasteiger partial charge on any atom is 0.140 e. The molecule has 0 aliphatic heterocycles. The number of rotatable bonds is 3. The summed E-state index contributed by atoms with van der Waals surface area (Å²) in [5.41, 5.74) is 1.80. The first-order valence-corrected chi connectivity index (χ1v) is 6.25. The lowest BCUT2D eigenvalue weighted by Crippen LogP contribution is -1.89. The first kappa shape index (κ1) is 13.1. The zero-order chi connectivity index (χ0) is 13.1. The van der Waals surface area contributed by atoms with Crippen molar-refractivity contribution < 1.29 is 13.9 Å². The molecule has 0 aromatic heterocycles. The molecule has 0 amide bonds. The van der Waals surface area contributed by atoms with Crippen LogP contribution in [0.1, 0.15) is 11.1 Å². The van der Waals surface area contributed by atoms with E-state index in [1.807, 2.05) is 19.1 Å². The third-order valence-corrected chi connectivity index (χ3v) is 3.65. The molecule has 0 unspecified atom stereocenters. The second-order valence-electron chi connectivity index (χ2n) is 3.92. The van der Waals surface area contributed by atoms with Gasteiger partial charge in [0.15, 0.2) is 0 Å². The summed E-state index contributed by atoms with van der Waals surface area (Å²) in [6, 6.07) is 9.02. The van der Waals surface area contributed by atoms with Crippen LogP contribution in [0.2, 0.25) is 0 Å². The first-order chi connectivity index (χ1) is 8.60. The molecule has 2 aromatic rings. The third kappa shape index (κ3) is 2.89. The Balaban J connectivity index is 2.26. The average Bonchev–Trinajstić information content (AvgIpc) is 2.33. The molecule has 0 aliphatic carbocycles. The van der Waals surface area contributed by atoms with Crippen LogP contribution in [-0.2, 0) is 6.61 Å². The van der Waals surface area contributed by atoms with E-state index in [0.717, 1.165) is 22.1 Å². The van der Waals surface area contributed by atoms with Gasteiger partial charge in [0.2, 0.25) is 0 Å². The van der Waals surface area contributed by atoms with Crippen molar-refractivity contribution in [1.82, 2.24) is 0 Å². The van der Waals surface area contributed by atoms with E-state index in [4.69, 9.17) is 5.11 Å². The molecule has 0 fully saturated rings. The van der Waals surface area contributed by atoms with Crippen molar-refractivity contribution in [2.45, 2.75) is 23.3 Å². The minimum absolute atomic E-state index is 0.0122. The molecule has 2 aromatic carbocycles. The molecule has 0 heterocycles. The summed E-state index contributed by atoms with van der Waals surface area (Å²) in [5.74, 6) is -1.15. The predicted molar refractivity (Wildman–Crippen MR) is 67.6 cm³/mol. The number of benzene rings is 2. The number of aryl methyl sites for hydroxylation is 1. The largest absolute Gasteiger partial charge is 0.392 e. The maximum absolute atomic E-state index is 13.5. The van der Waals surface area contributed by atoms with Crippen molar-refractivity contribution in [1.29, 1.82) is 0 Å². The summed E-state index contributed by atoms with van der Waals surface area (Å²) in [6.45, 7) is 1.87. The Hall–Kier alpha value is -1.39. The fraction of sp³-hybridized carbons (Fsp3) is 0.143. The summed E-state index contributed by atoms with van der Waals surface area (Å²) >= 11 is 1.23. The highest BCUT2D eigenvalue weighted by Gasteiger charge is 2.07. The lowest BCUT2D eigenvalue weighted by atomic mass is 10.1. The summed E-state index contributed by atoms with van der Waals surface area (Å²) in [6.07, 6.45) is 0. The van der Waals surface area contributed by atoms with E-state index in [1.165, 1.54) is 23.9 Å². The van der Waals surface area contributed by atoms with Gasteiger partial charge in [0, 0.05) is 15.9 Å². The summed E-state index contributed by atoms with van der Waals surface area (Å²) in [4.78, 5) is 1.24. The molecular weight excluding hydrogens is 254 g/mol. The fourth-order valence-electron chi connectivity index (χ4n) is 1.59. The Labute approximate surface area is 108 Å². The molecule has 1 nitrogen and oxygen atoms in total. The van der Waals surface area contributed by atoms with E-state index >= 15 is 0 Å². The van der Waals surface area contributed by atoms with Crippen molar-refractivity contribution in [3.63, 3.8) is 0 Å². The van der Waals surface area contributed by atoms with Crippen LogP contribution < -0.4 is 0 Å². The van der Waals surface area contributed by atoms with Gasteiger partial charge >= 0.3 is 0 Å². The van der Waals surface area contributed by atoms with Crippen molar-refractivity contribution in [3.8, 4) is 0 Å². The summed E-state index contributed by atoms with van der Waals surface area (Å²) in [5, 5.41) is 9.07. The third-order valence-electron chi connectivity index (χ3n) is 2.61. The van der Waals surface area contributed by atoms with Crippen molar-refractivity contribution >= 4 is 11.8 Å². The monoisotopic (exact) mass is 266 g/mol. The normalized spacial score (nSPS) is 10.7. The van der Waals surface area contributed by atoms with Gasteiger partial charge < -0.3 is 5.11 Å². The Kier molecular flexibility index (Phi) is 3.99. The molecule has 0 saturated heterocycles. The number of aliphatic hydroxyl groups is 1. The Morgan fingerprint density at radius 2 is 1.89 bits per heavy atom. The van der Waals surface area contributed by atoms with Crippen LogP contribution >= 0.6 is 11.8 Å². The van der Waals surface area contributed by atoms with Gasteiger partial charge in [-0.1, -0.05) is 17.8 Å². The molecule has 2 rings (SSSR count). The number of hydrogen-bond donors (Lipinski definition) is 1. The quantitative estimate of drug-likeness (QED) is 0.908. The molecule has 0 aliphatic rings. The van der Waals surface area contributed by atoms with E-state index in [2.05, 4.69) is 0 Å². The molecule has 0 saturated carbocycles. The van der Waals surface area contributed by atoms with Crippen molar-refractivity contribution in [2.75, 3.05) is 0 Å². The SMILES string of the molecule is Cc1cc(Sc2ccc(F)cc2F)ccc1CO. The Morgan fingerprint density at radius 1 is 1.11 bits per heavy atom. The molecule has 1 N–H and O–H groups in total. The van der Waals surface area contributed by atoms with E-state index in [1.54, 1.807) is 6.07 Å². The second-order valence-corrected chi connectivity index (χ2v) is 5.04. The molecule has 0 radical (unpaired) electrons. The zero-order valence-electron chi connectivity index (χ0n) is 9.78. The van der Waals surface area contributed by atoms with Crippen molar-refractivity contribution in [3.05, 3.63) is 59.2 Å². The topological polar surface area (TPSA) is 20.2 Å². The first-order valence-electron chi connectivity index (χ1n) is 5.43. The molecule has 0 spiro atoms. The van der Waals surface area contributed by atoms with Crippen LogP contribution in [0, 0.1) is 18.6 Å².